The molecule has 0 atom stereocenters. The molecule has 1 nitrogen and oxygen atoms in total. The van der Waals surface area contributed by atoms with Crippen molar-refractivity contribution in [3.05, 3.63) is 11.8 Å². The first-order chi connectivity index (χ1) is 8.58. The van der Waals surface area contributed by atoms with Crippen LogP contribution in [0.2, 0.25) is 18.1 Å². The fourth-order valence-corrected chi connectivity index (χ4v) is 5.48. The van der Waals surface area contributed by atoms with E-state index in [1.807, 2.05) is 0 Å². The topological polar surface area (TPSA) is 9.23 Å². The first kappa shape index (κ1) is 15.7. The highest BCUT2D eigenvalue weighted by molar-refractivity contribution is 6.73. The quantitative estimate of drug-likeness (QED) is 0.447. The molecule has 0 heterocycles. The van der Waals surface area contributed by atoms with Crippen molar-refractivity contribution in [2.24, 2.45) is 5.92 Å². The van der Waals surface area contributed by atoms with Crippen molar-refractivity contribution in [2.75, 3.05) is 0 Å². The summed E-state index contributed by atoms with van der Waals surface area (Å²) in [4.78, 5) is 0. The first-order valence-electron chi connectivity index (χ1n) is 7.32. The maximum atomic E-state index is 13.2. The van der Waals surface area contributed by atoms with E-state index in [0.29, 0.717) is 0 Å². The maximum Gasteiger partial charge on any atom is 0.306 e. The van der Waals surface area contributed by atoms with Crippen molar-refractivity contribution < 1.29 is 13.2 Å². The molecule has 0 saturated heterocycles. The summed E-state index contributed by atoms with van der Waals surface area (Å²) in [6.07, 6.45) is 3.46. The lowest BCUT2D eigenvalue weighted by atomic mass is 9.88. The lowest BCUT2D eigenvalue weighted by Gasteiger charge is -2.34. The molecule has 0 aromatic heterocycles. The predicted octanol–water partition coefficient (Wildman–Crippen LogP) is 5.70. The maximum absolute atomic E-state index is 13.2. The van der Waals surface area contributed by atoms with Crippen LogP contribution in [0, 0.1) is 5.92 Å². The van der Waals surface area contributed by atoms with E-state index in [0.717, 1.165) is 43.8 Å². The summed E-state index contributed by atoms with van der Waals surface area (Å²) in [6, 6.07) is 2.76. The van der Waals surface area contributed by atoms with Crippen molar-refractivity contribution in [3.8, 4) is 0 Å². The van der Waals surface area contributed by atoms with E-state index in [4.69, 9.17) is 4.43 Å². The van der Waals surface area contributed by atoms with Crippen LogP contribution < -0.4 is 0 Å². The highest BCUT2D eigenvalue weighted by atomic mass is 28.4. The second kappa shape index (κ2) is 7.27. The predicted molar refractivity (Wildman–Crippen MR) is 74.1 cm³/mol. The van der Waals surface area contributed by atoms with E-state index in [-0.39, 0.29) is 11.7 Å². The van der Waals surface area contributed by atoms with Gasteiger partial charge < -0.3 is 4.43 Å². The Morgan fingerprint density at radius 3 is 1.89 bits per heavy atom. The summed E-state index contributed by atoms with van der Waals surface area (Å²) in [6.45, 7) is 6.23. The summed E-state index contributed by atoms with van der Waals surface area (Å²) >= 11 is 0. The summed E-state index contributed by atoms with van der Waals surface area (Å²) in [5, 5.41) is 0. The third-order valence-corrected chi connectivity index (χ3v) is 8.94. The molecule has 1 aliphatic rings. The smallest absolute Gasteiger partial charge is 0.306 e. The Hall–Kier alpha value is -0.383. The van der Waals surface area contributed by atoms with Gasteiger partial charge in [0.15, 0.2) is 0 Å². The van der Waals surface area contributed by atoms with Gasteiger partial charge in [-0.15, -0.1) is 0 Å². The van der Waals surface area contributed by atoms with E-state index in [1.165, 1.54) is 6.42 Å². The Bertz CT molecular complexity index is 269. The second-order valence-corrected chi connectivity index (χ2v) is 10.00. The van der Waals surface area contributed by atoms with Gasteiger partial charge in [0.05, 0.1) is 0 Å². The van der Waals surface area contributed by atoms with Gasteiger partial charge in [0.1, 0.15) is 5.76 Å². The molecule has 0 N–H and O–H groups in total. The standard InChI is InChI=1S/C14H26F2OSi/c1-4-18(5-2,6-3)17-13(14(15)16)12-10-8-7-9-11-12/h12H,4-11H2,1-3H3. The molecule has 0 aromatic rings. The van der Waals surface area contributed by atoms with Crippen LogP contribution in [0.25, 0.3) is 0 Å². The third kappa shape index (κ3) is 3.80. The molecule has 1 rings (SSSR count). The molecule has 0 bridgehead atoms. The van der Waals surface area contributed by atoms with Crippen molar-refractivity contribution in [1.82, 2.24) is 0 Å². The monoisotopic (exact) mass is 276 g/mol. The normalized spacial score (nSPS) is 17.6. The molecule has 106 valence electrons. The van der Waals surface area contributed by atoms with Crippen LogP contribution in [0.4, 0.5) is 8.78 Å². The van der Waals surface area contributed by atoms with Gasteiger partial charge in [-0.2, -0.15) is 8.78 Å². The van der Waals surface area contributed by atoms with Crippen LogP contribution in [0.15, 0.2) is 11.8 Å². The molecule has 0 unspecified atom stereocenters. The minimum atomic E-state index is -1.97. The highest BCUT2D eigenvalue weighted by Gasteiger charge is 2.35. The Labute approximate surface area is 111 Å². The molecule has 18 heavy (non-hydrogen) atoms. The Morgan fingerprint density at radius 2 is 1.50 bits per heavy atom. The van der Waals surface area contributed by atoms with Gasteiger partial charge in [0.25, 0.3) is 0 Å². The summed E-state index contributed by atoms with van der Waals surface area (Å²) in [7, 11) is -1.97. The minimum absolute atomic E-state index is 0.0275. The molecule has 0 aliphatic heterocycles. The number of rotatable bonds is 6. The third-order valence-electron chi connectivity index (χ3n) is 4.42. The SMILES string of the molecule is CC[Si](CC)(CC)OC(=C(F)F)C1CCCCC1. The Kier molecular flexibility index (Phi) is 6.33. The van der Waals surface area contributed by atoms with Gasteiger partial charge in [-0.1, -0.05) is 40.0 Å². The molecule has 0 spiro atoms. The molecule has 1 saturated carbocycles. The Balaban J connectivity index is 2.83. The zero-order chi connectivity index (χ0) is 13.6. The van der Waals surface area contributed by atoms with E-state index in [2.05, 4.69) is 20.8 Å². The van der Waals surface area contributed by atoms with Crippen LogP contribution in [0.5, 0.6) is 0 Å². The Morgan fingerprint density at radius 1 is 1.00 bits per heavy atom. The van der Waals surface area contributed by atoms with Gasteiger partial charge in [-0.25, -0.2) is 0 Å². The van der Waals surface area contributed by atoms with Crippen molar-refractivity contribution in [3.63, 3.8) is 0 Å². The van der Waals surface area contributed by atoms with Crippen LogP contribution in [-0.4, -0.2) is 8.32 Å². The second-order valence-electron chi connectivity index (χ2n) is 5.31. The van der Waals surface area contributed by atoms with Crippen molar-refractivity contribution in [2.45, 2.75) is 71.0 Å². The lowest BCUT2D eigenvalue weighted by molar-refractivity contribution is 0.236. The molecule has 4 heteroatoms. The van der Waals surface area contributed by atoms with Gasteiger partial charge in [-0.05, 0) is 31.0 Å². The average Bonchev–Trinajstić information content (AvgIpc) is 2.42. The average molecular weight is 276 g/mol. The molecule has 1 aliphatic carbocycles. The zero-order valence-corrected chi connectivity index (χ0v) is 12.9. The zero-order valence-electron chi connectivity index (χ0n) is 11.9. The summed E-state index contributed by atoms with van der Waals surface area (Å²) in [5.74, 6) is 0.0205. The lowest BCUT2D eigenvalue weighted by Crippen LogP contribution is -2.37. The summed E-state index contributed by atoms with van der Waals surface area (Å²) < 4.78 is 32.4. The van der Waals surface area contributed by atoms with Crippen LogP contribution in [0.1, 0.15) is 52.9 Å². The van der Waals surface area contributed by atoms with Crippen LogP contribution >= 0.6 is 0 Å². The van der Waals surface area contributed by atoms with E-state index >= 15 is 0 Å². The van der Waals surface area contributed by atoms with Crippen molar-refractivity contribution >= 4 is 8.32 Å². The fourth-order valence-electron chi connectivity index (χ4n) is 2.84. The number of allylic oxidation sites excluding steroid dienone is 1. The summed E-state index contributed by atoms with van der Waals surface area (Å²) in [5.41, 5.74) is 0. The molecular formula is C14H26F2OSi. The van der Waals surface area contributed by atoms with Gasteiger partial charge in [-0.3, -0.25) is 0 Å². The number of hydrogen-bond donors (Lipinski definition) is 0. The van der Waals surface area contributed by atoms with Gasteiger partial charge in [0.2, 0.25) is 8.32 Å². The van der Waals surface area contributed by atoms with E-state index < -0.39 is 14.4 Å². The van der Waals surface area contributed by atoms with E-state index in [9.17, 15) is 8.78 Å². The van der Waals surface area contributed by atoms with E-state index in [1.54, 1.807) is 0 Å². The largest absolute Gasteiger partial charge is 0.543 e. The molecule has 0 amide bonds. The molecular weight excluding hydrogens is 250 g/mol. The van der Waals surface area contributed by atoms with Crippen LogP contribution in [-0.2, 0) is 4.43 Å². The fraction of sp³-hybridized carbons (Fsp3) is 0.857. The van der Waals surface area contributed by atoms with Gasteiger partial charge >= 0.3 is 6.08 Å². The molecule has 1 fully saturated rings. The first-order valence-corrected chi connectivity index (χ1v) is 9.85. The van der Waals surface area contributed by atoms with Crippen LogP contribution in [0.3, 0.4) is 0 Å². The number of halogens is 2. The highest BCUT2D eigenvalue weighted by Crippen LogP contribution is 2.36. The van der Waals surface area contributed by atoms with Gasteiger partial charge in [0, 0.05) is 5.92 Å². The van der Waals surface area contributed by atoms with Crippen molar-refractivity contribution in [1.29, 1.82) is 0 Å². The molecule has 0 radical (unpaired) electrons. The minimum Gasteiger partial charge on any atom is -0.543 e. The number of hydrogen-bond acceptors (Lipinski definition) is 1. The molecule has 0 aromatic carbocycles.